The van der Waals surface area contributed by atoms with Gasteiger partial charge >= 0.3 is 0 Å². The molecule has 2 aromatic rings. The number of benzene rings is 2. The molecule has 0 nitrogen and oxygen atoms in total. The van der Waals surface area contributed by atoms with Crippen molar-refractivity contribution in [3.63, 3.8) is 0 Å². The molecule has 92 valence electrons. The van der Waals surface area contributed by atoms with E-state index in [1.165, 1.54) is 33.4 Å². The predicted octanol–water partition coefficient (Wildman–Crippen LogP) is 5.09. The molecule has 0 heteroatoms. The molecule has 0 saturated carbocycles. The van der Waals surface area contributed by atoms with Crippen molar-refractivity contribution in [1.82, 2.24) is 0 Å². The van der Waals surface area contributed by atoms with Crippen LogP contribution in [0.1, 0.15) is 33.4 Å². The van der Waals surface area contributed by atoms with Crippen LogP contribution in [0, 0.1) is 27.7 Å². The van der Waals surface area contributed by atoms with Gasteiger partial charge in [0.15, 0.2) is 0 Å². The third kappa shape index (κ3) is 2.53. The highest BCUT2D eigenvalue weighted by Gasteiger charge is 1.99. The van der Waals surface area contributed by atoms with E-state index in [2.05, 4.69) is 76.2 Å². The number of hydrogen-bond donors (Lipinski definition) is 0. The quantitative estimate of drug-likeness (QED) is 0.637. The van der Waals surface area contributed by atoms with E-state index in [0.717, 1.165) is 0 Å². The number of aryl methyl sites for hydroxylation is 2. The Kier molecular flexibility index (Phi) is 3.66. The fourth-order valence-corrected chi connectivity index (χ4v) is 2.09. The first-order valence-electron chi connectivity index (χ1n) is 6.40. The van der Waals surface area contributed by atoms with Crippen molar-refractivity contribution < 1.29 is 0 Å². The molecule has 2 aromatic carbocycles. The molecule has 0 fully saturated rings. The number of rotatable bonds is 2. The zero-order valence-corrected chi connectivity index (χ0v) is 11.6. The lowest BCUT2D eigenvalue weighted by molar-refractivity contribution is 1.32. The summed E-state index contributed by atoms with van der Waals surface area (Å²) in [6.07, 6.45) is 4.42. The first-order chi connectivity index (χ1) is 8.59. The highest BCUT2D eigenvalue weighted by Crippen LogP contribution is 2.18. The van der Waals surface area contributed by atoms with E-state index in [-0.39, 0.29) is 0 Å². The lowest BCUT2D eigenvalue weighted by Crippen LogP contribution is -1.86. The largest absolute Gasteiger partial charge is 0.0614 e. The maximum atomic E-state index is 2.21. The van der Waals surface area contributed by atoms with E-state index in [9.17, 15) is 0 Å². The van der Waals surface area contributed by atoms with Gasteiger partial charge in [-0.15, -0.1) is 0 Å². The van der Waals surface area contributed by atoms with Crippen LogP contribution in [-0.4, -0.2) is 0 Å². The summed E-state index contributed by atoms with van der Waals surface area (Å²) in [6.45, 7) is 8.67. The molecule has 2 rings (SSSR count). The van der Waals surface area contributed by atoms with Gasteiger partial charge < -0.3 is 0 Å². The third-order valence-corrected chi connectivity index (χ3v) is 3.74. The molecular formula is C18H20. The van der Waals surface area contributed by atoms with Gasteiger partial charge in [-0.1, -0.05) is 48.6 Å². The molecule has 0 heterocycles. The monoisotopic (exact) mass is 236 g/mol. The zero-order chi connectivity index (χ0) is 13.1. The maximum Gasteiger partial charge on any atom is -0.0224 e. The summed E-state index contributed by atoms with van der Waals surface area (Å²) in [5.74, 6) is 0. The van der Waals surface area contributed by atoms with Crippen LogP contribution in [-0.2, 0) is 0 Å². The van der Waals surface area contributed by atoms with E-state index in [4.69, 9.17) is 0 Å². The molecule has 0 saturated heterocycles. The van der Waals surface area contributed by atoms with Crippen LogP contribution in [0.4, 0.5) is 0 Å². The Morgan fingerprint density at radius 1 is 0.611 bits per heavy atom. The topological polar surface area (TPSA) is 0 Å². The van der Waals surface area contributed by atoms with Gasteiger partial charge in [0.25, 0.3) is 0 Å². The molecule has 18 heavy (non-hydrogen) atoms. The van der Waals surface area contributed by atoms with Crippen molar-refractivity contribution in [1.29, 1.82) is 0 Å². The fraction of sp³-hybridized carbons (Fsp3) is 0.222. The van der Waals surface area contributed by atoms with Crippen LogP contribution in [0.5, 0.6) is 0 Å². The van der Waals surface area contributed by atoms with Crippen LogP contribution in [0.2, 0.25) is 0 Å². The van der Waals surface area contributed by atoms with Gasteiger partial charge in [-0.25, -0.2) is 0 Å². The second kappa shape index (κ2) is 5.22. The lowest BCUT2D eigenvalue weighted by atomic mass is 10.00. The van der Waals surface area contributed by atoms with E-state index in [1.807, 2.05) is 0 Å². The smallest absolute Gasteiger partial charge is 0.0224 e. The van der Waals surface area contributed by atoms with Crippen LogP contribution in [0.15, 0.2) is 36.4 Å². The molecule has 0 aliphatic carbocycles. The summed E-state index contributed by atoms with van der Waals surface area (Å²) >= 11 is 0. The second-order valence-corrected chi connectivity index (χ2v) is 4.91. The Morgan fingerprint density at radius 2 is 1.00 bits per heavy atom. The molecule has 0 spiro atoms. The van der Waals surface area contributed by atoms with Crippen molar-refractivity contribution >= 4 is 12.2 Å². The summed E-state index contributed by atoms with van der Waals surface area (Å²) in [6, 6.07) is 12.9. The van der Waals surface area contributed by atoms with Gasteiger partial charge in [0.05, 0.1) is 0 Å². The minimum Gasteiger partial charge on any atom is -0.0614 e. The van der Waals surface area contributed by atoms with Gasteiger partial charge in [-0.2, -0.15) is 0 Å². The summed E-state index contributed by atoms with van der Waals surface area (Å²) in [5, 5.41) is 0. The predicted molar refractivity (Wildman–Crippen MR) is 80.8 cm³/mol. The molecular weight excluding hydrogens is 216 g/mol. The van der Waals surface area contributed by atoms with Crippen molar-refractivity contribution in [2.45, 2.75) is 27.7 Å². The Balaban J connectivity index is 2.36. The summed E-state index contributed by atoms with van der Waals surface area (Å²) in [7, 11) is 0. The molecule has 0 N–H and O–H groups in total. The van der Waals surface area contributed by atoms with Crippen molar-refractivity contribution in [3.8, 4) is 0 Å². The van der Waals surface area contributed by atoms with Gasteiger partial charge in [-0.05, 0) is 61.1 Å². The highest BCUT2D eigenvalue weighted by atomic mass is 14.0. The third-order valence-electron chi connectivity index (χ3n) is 3.74. The Morgan fingerprint density at radius 3 is 1.39 bits per heavy atom. The Labute approximate surface area is 110 Å². The molecule has 0 aliphatic rings. The van der Waals surface area contributed by atoms with Crippen LogP contribution >= 0.6 is 0 Å². The summed E-state index contributed by atoms with van der Waals surface area (Å²) in [4.78, 5) is 0. The van der Waals surface area contributed by atoms with Crippen LogP contribution in [0.3, 0.4) is 0 Å². The molecule has 0 unspecified atom stereocenters. The van der Waals surface area contributed by atoms with E-state index < -0.39 is 0 Å². The van der Waals surface area contributed by atoms with Gasteiger partial charge in [0.2, 0.25) is 0 Å². The minimum atomic E-state index is 1.30. The summed E-state index contributed by atoms with van der Waals surface area (Å²) < 4.78 is 0. The number of hydrogen-bond acceptors (Lipinski definition) is 0. The molecule has 0 radical (unpaired) electrons. The van der Waals surface area contributed by atoms with Crippen LogP contribution < -0.4 is 0 Å². The molecule has 0 atom stereocenters. The second-order valence-electron chi connectivity index (χ2n) is 4.91. The van der Waals surface area contributed by atoms with E-state index in [1.54, 1.807) is 0 Å². The highest BCUT2D eigenvalue weighted by molar-refractivity contribution is 5.73. The molecule has 0 amide bonds. The fourth-order valence-electron chi connectivity index (χ4n) is 2.09. The van der Waals surface area contributed by atoms with Gasteiger partial charge in [0.1, 0.15) is 0 Å². The average molecular weight is 236 g/mol. The first kappa shape index (κ1) is 12.6. The first-order valence-corrected chi connectivity index (χ1v) is 6.40. The maximum absolute atomic E-state index is 2.21. The normalized spacial score (nSPS) is 11.1. The SMILES string of the molecule is Cc1cccc(/C=C\c2cccc(C)c2C)c1C. The Hall–Kier alpha value is -1.82. The van der Waals surface area contributed by atoms with Crippen molar-refractivity contribution in [2.75, 3.05) is 0 Å². The molecule has 0 aromatic heterocycles. The molecule has 0 bridgehead atoms. The summed E-state index contributed by atoms with van der Waals surface area (Å²) in [5.41, 5.74) is 8.01. The van der Waals surface area contributed by atoms with Crippen molar-refractivity contribution in [3.05, 3.63) is 69.8 Å². The van der Waals surface area contributed by atoms with E-state index in [0.29, 0.717) is 0 Å². The van der Waals surface area contributed by atoms with Gasteiger partial charge in [0, 0.05) is 0 Å². The van der Waals surface area contributed by atoms with Crippen molar-refractivity contribution in [2.24, 2.45) is 0 Å². The van der Waals surface area contributed by atoms with Crippen LogP contribution in [0.25, 0.3) is 12.2 Å². The average Bonchev–Trinajstić information content (AvgIpc) is 2.36. The zero-order valence-electron chi connectivity index (χ0n) is 11.6. The molecule has 0 aliphatic heterocycles. The van der Waals surface area contributed by atoms with E-state index >= 15 is 0 Å². The lowest BCUT2D eigenvalue weighted by Gasteiger charge is -2.06. The minimum absolute atomic E-state index is 1.30. The standard InChI is InChI=1S/C18H20/c1-13-7-5-9-17(15(13)3)11-12-18-10-6-8-14(2)16(18)4/h5-12H,1-4H3/b12-11-. The van der Waals surface area contributed by atoms with Gasteiger partial charge in [-0.3, -0.25) is 0 Å². The Bertz CT molecular complexity index is 535.